The first-order valence-electron chi connectivity index (χ1n) is 9.91. The number of hydrogen-bond donors (Lipinski definition) is 2. The summed E-state index contributed by atoms with van der Waals surface area (Å²) in [6.45, 7) is 1.10. The minimum atomic E-state index is -0.0754. The van der Waals surface area contributed by atoms with Crippen LogP contribution in [-0.2, 0) is 12.0 Å². The van der Waals surface area contributed by atoms with Crippen molar-refractivity contribution in [3.63, 3.8) is 0 Å². The predicted molar refractivity (Wildman–Crippen MR) is 116 cm³/mol. The molecule has 0 spiro atoms. The number of benzene rings is 2. The molecule has 3 aromatic rings. The first-order valence-corrected chi connectivity index (χ1v) is 10.8. The summed E-state index contributed by atoms with van der Waals surface area (Å²) in [6, 6.07) is 21.5. The van der Waals surface area contributed by atoms with Crippen molar-refractivity contribution in [3.8, 4) is 0 Å². The van der Waals surface area contributed by atoms with E-state index >= 15 is 0 Å². The highest BCUT2D eigenvalue weighted by Gasteiger charge is 2.38. The Labute approximate surface area is 175 Å². The predicted octanol–water partition coefficient (Wildman–Crippen LogP) is 4.53. The average molecular weight is 405 g/mol. The zero-order chi connectivity index (χ0) is 20.1. The summed E-state index contributed by atoms with van der Waals surface area (Å²) < 4.78 is 0. The molecular weight excluding hydrogens is 380 g/mol. The summed E-state index contributed by atoms with van der Waals surface area (Å²) >= 11 is 1.42. The van der Waals surface area contributed by atoms with Crippen LogP contribution in [0.5, 0.6) is 0 Å². The number of thiophene rings is 1. The molecule has 1 aromatic heterocycles. The maximum atomic E-state index is 12.6. The zero-order valence-electron chi connectivity index (χ0n) is 16.2. The van der Waals surface area contributed by atoms with Gasteiger partial charge in [0.15, 0.2) is 0 Å². The molecule has 1 fully saturated rings. The van der Waals surface area contributed by atoms with Gasteiger partial charge in [-0.15, -0.1) is 11.3 Å². The fourth-order valence-electron chi connectivity index (χ4n) is 3.77. The number of rotatable bonds is 7. The third-order valence-corrected chi connectivity index (χ3v) is 6.57. The Hall–Kier alpha value is -2.92. The lowest BCUT2D eigenvalue weighted by molar-refractivity contribution is 0.0925. The van der Waals surface area contributed by atoms with Gasteiger partial charge in [0, 0.05) is 24.1 Å². The molecule has 2 amide bonds. The molecule has 29 heavy (non-hydrogen) atoms. The van der Waals surface area contributed by atoms with Crippen molar-refractivity contribution in [2.24, 2.45) is 0 Å². The van der Waals surface area contributed by atoms with Gasteiger partial charge in [-0.05, 0) is 47.5 Å². The van der Waals surface area contributed by atoms with E-state index in [9.17, 15) is 9.59 Å². The van der Waals surface area contributed by atoms with Crippen molar-refractivity contribution < 1.29 is 9.59 Å². The number of amides is 2. The minimum Gasteiger partial charge on any atom is -0.351 e. The summed E-state index contributed by atoms with van der Waals surface area (Å²) in [7, 11) is 0. The minimum absolute atomic E-state index is 0.0543. The monoisotopic (exact) mass is 404 g/mol. The maximum absolute atomic E-state index is 12.6. The van der Waals surface area contributed by atoms with Crippen LogP contribution in [0.2, 0.25) is 0 Å². The van der Waals surface area contributed by atoms with Gasteiger partial charge in [0.1, 0.15) is 0 Å². The second kappa shape index (κ2) is 8.62. The molecule has 1 heterocycles. The molecule has 5 heteroatoms. The van der Waals surface area contributed by atoms with Gasteiger partial charge in [-0.25, -0.2) is 0 Å². The van der Waals surface area contributed by atoms with Crippen molar-refractivity contribution >= 4 is 23.2 Å². The van der Waals surface area contributed by atoms with Crippen LogP contribution in [0, 0.1) is 0 Å². The summed E-state index contributed by atoms with van der Waals surface area (Å²) in [5.74, 6) is -0.130. The van der Waals surface area contributed by atoms with Gasteiger partial charge in [0.05, 0.1) is 4.88 Å². The largest absolute Gasteiger partial charge is 0.351 e. The van der Waals surface area contributed by atoms with E-state index in [-0.39, 0.29) is 17.2 Å². The first-order chi connectivity index (χ1) is 14.2. The Morgan fingerprint density at radius 1 is 0.862 bits per heavy atom. The summed E-state index contributed by atoms with van der Waals surface area (Å²) in [5.41, 5.74) is 2.98. The van der Waals surface area contributed by atoms with E-state index < -0.39 is 0 Å². The van der Waals surface area contributed by atoms with E-state index in [2.05, 4.69) is 34.9 Å². The smallest absolute Gasteiger partial charge is 0.261 e. The van der Waals surface area contributed by atoms with Gasteiger partial charge in [-0.1, -0.05) is 55.0 Å². The number of carbonyl (C=O) groups is 2. The molecule has 4 nitrogen and oxygen atoms in total. The van der Waals surface area contributed by atoms with Gasteiger partial charge >= 0.3 is 0 Å². The van der Waals surface area contributed by atoms with Gasteiger partial charge in [0.25, 0.3) is 11.8 Å². The number of hydrogen-bond acceptors (Lipinski definition) is 3. The van der Waals surface area contributed by atoms with E-state index in [0.29, 0.717) is 23.5 Å². The SMILES string of the molecule is O=C(NCC1(c2ccccc2)CCC1)c1ccc(CNC(=O)c2cccs2)cc1. The number of carbonyl (C=O) groups excluding carboxylic acids is 2. The van der Waals surface area contributed by atoms with Crippen LogP contribution in [0.1, 0.15) is 50.4 Å². The average Bonchev–Trinajstić information content (AvgIpc) is 3.27. The maximum Gasteiger partial charge on any atom is 0.261 e. The van der Waals surface area contributed by atoms with Gasteiger partial charge in [-0.2, -0.15) is 0 Å². The van der Waals surface area contributed by atoms with E-state index in [1.165, 1.54) is 23.3 Å². The standard InChI is InChI=1S/C24H24N2O2S/c27-22(26-17-24(13-5-14-24)20-6-2-1-3-7-20)19-11-9-18(10-12-19)16-25-23(28)21-8-4-15-29-21/h1-4,6-12,15H,5,13-14,16-17H2,(H,25,28)(H,26,27). The molecule has 0 aliphatic heterocycles. The summed E-state index contributed by atoms with van der Waals surface area (Å²) in [5, 5.41) is 7.90. The van der Waals surface area contributed by atoms with Crippen molar-refractivity contribution in [3.05, 3.63) is 93.7 Å². The highest BCUT2D eigenvalue weighted by atomic mass is 32.1. The third-order valence-electron chi connectivity index (χ3n) is 5.70. The molecule has 4 rings (SSSR count). The molecule has 1 saturated carbocycles. The topological polar surface area (TPSA) is 58.2 Å². The molecular formula is C24H24N2O2S. The van der Waals surface area contributed by atoms with Gasteiger partial charge < -0.3 is 10.6 Å². The van der Waals surface area contributed by atoms with Crippen LogP contribution in [0.4, 0.5) is 0 Å². The molecule has 2 N–H and O–H groups in total. The Morgan fingerprint density at radius 3 is 2.24 bits per heavy atom. The van der Waals surface area contributed by atoms with Crippen molar-refractivity contribution in [1.29, 1.82) is 0 Å². The van der Waals surface area contributed by atoms with E-state index in [1.807, 2.05) is 41.8 Å². The normalized spacial score (nSPS) is 14.6. The first kappa shape index (κ1) is 19.4. The van der Waals surface area contributed by atoms with Crippen LogP contribution in [-0.4, -0.2) is 18.4 Å². The van der Waals surface area contributed by atoms with Crippen LogP contribution >= 0.6 is 11.3 Å². The summed E-state index contributed by atoms with van der Waals surface area (Å²) in [4.78, 5) is 25.3. The van der Waals surface area contributed by atoms with E-state index in [1.54, 1.807) is 6.07 Å². The van der Waals surface area contributed by atoms with Crippen molar-refractivity contribution in [2.75, 3.05) is 6.54 Å². The molecule has 0 radical (unpaired) electrons. The van der Waals surface area contributed by atoms with Gasteiger partial charge in [0.2, 0.25) is 0 Å². The molecule has 0 saturated heterocycles. The molecule has 148 valence electrons. The highest BCUT2D eigenvalue weighted by Crippen LogP contribution is 2.43. The lowest BCUT2D eigenvalue weighted by Crippen LogP contribution is -2.45. The molecule has 0 bridgehead atoms. The Morgan fingerprint density at radius 2 is 1.62 bits per heavy atom. The second-order valence-corrected chi connectivity index (χ2v) is 8.49. The fourth-order valence-corrected chi connectivity index (χ4v) is 4.41. The summed E-state index contributed by atoms with van der Waals surface area (Å²) in [6.07, 6.45) is 3.43. The zero-order valence-corrected chi connectivity index (χ0v) is 17.0. The fraction of sp³-hybridized carbons (Fsp3) is 0.250. The van der Waals surface area contributed by atoms with Crippen LogP contribution < -0.4 is 10.6 Å². The lowest BCUT2D eigenvalue weighted by Gasteiger charge is -2.42. The van der Waals surface area contributed by atoms with Crippen molar-refractivity contribution in [1.82, 2.24) is 10.6 Å². The Balaban J connectivity index is 1.32. The van der Waals surface area contributed by atoms with Gasteiger partial charge in [-0.3, -0.25) is 9.59 Å². The molecule has 2 aromatic carbocycles. The molecule has 0 unspecified atom stereocenters. The van der Waals surface area contributed by atoms with E-state index in [0.717, 1.165) is 18.4 Å². The van der Waals surface area contributed by atoms with Crippen LogP contribution in [0.3, 0.4) is 0 Å². The Bertz CT molecular complexity index is 962. The number of nitrogens with one attached hydrogen (secondary N) is 2. The molecule has 0 atom stereocenters. The van der Waals surface area contributed by atoms with Crippen LogP contribution in [0.15, 0.2) is 72.1 Å². The third kappa shape index (κ3) is 4.40. The Kier molecular flexibility index (Phi) is 5.76. The molecule has 1 aliphatic carbocycles. The second-order valence-electron chi connectivity index (χ2n) is 7.54. The highest BCUT2D eigenvalue weighted by molar-refractivity contribution is 7.12. The lowest BCUT2D eigenvalue weighted by atomic mass is 9.64. The quantitative estimate of drug-likeness (QED) is 0.608. The van der Waals surface area contributed by atoms with Crippen LogP contribution in [0.25, 0.3) is 0 Å². The molecule has 1 aliphatic rings. The van der Waals surface area contributed by atoms with Crippen molar-refractivity contribution in [2.45, 2.75) is 31.2 Å². The van der Waals surface area contributed by atoms with E-state index in [4.69, 9.17) is 0 Å².